The lowest BCUT2D eigenvalue weighted by Crippen LogP contribution is -2.45. The maximum Gasteiger partial charge on any atom is 0.304 e. The van der Waals surface area contributed by atoms with Gasteiger partial charge in [-0.15, -0.1) is 11.3 Å². The predicted octanol–water partition coefficient (Wildman–Crippen LogP) is 2.47. The number of ketones is 1. The molecule has 1 saturated heterocycles. The molecular weight excluding hydrogens is 268 g/mol. The van der Waals surface area contributed by atoms with E-state index in [-0.39, 0.29) is 17.5 Å². The van der Waals surface area contributed by atoms with Crippen molar-refractivity contribution in [3.63, 3.8) is 0 Å². The maximum absolute atomic E-state index is 11.4. The summed E-state index contributed by atoms with van der Waals surface area (Å²) in [6, 6.07) is 1.51. The summed E-state index contributed by atoms with van der Waals surface area (Å²) < 4.78 is 5.41. The minimum Gasteiger partial charge on any atom is -0.377 e. The third-order valence-corrected chi connectivity index (χ3v) is 4.46. The molecule has 0 aliphatic carbocycles. The van der Waals surface area contributed by atoms with Crippen molar-refractivity contribution in [1.29, 1.82) is 0 Å². The smallest absolute Gasteiger partial charge is 0.304 e. The van der Waals surface area contributed by atoms with Gasteiger partial charge in [0.05, 0.1) is 29.1 Å². The predicted molar refractivity (Wildman–Crippen MR) is 73.2 cm³/mol. The molecule has 1 fully saturated rings. The summed E-state index contributed by atoms with van der Waals surface area (Å²) >= 11 is 1.20. The Morgan fingerprint density at radius 1 is 1.68 bits per heavy atom. The number of morpholine rings is 1. The molecule has 104 valence electrons. The van der Waals surface area contributed by atoms with Crippen molar-refractivity contribution >= 4 is 27.8 Å². The standard InChI is InChI=1S/C12H16N2O4S/c1-3-9-7-18-5-4-13(9)12-10(14(16)17)6-11(19-12)8(2)15/h6,9H,3-5,7H2,1-2H3. The van der Waals surface area contributed by atoms with E-state index in [1.54, 1.807) is 0 Å². The summed E-state index contributed by atoms with van der Waals surface area (Å²) in [7, 11) is 0. The van der Waals surface area contributed by atoms with Gasteiger partial charge in [0.25, 0.3) is 0 Å². The van der Waals surface area contributed by atoms with Crippen molar-refractivity contribution < 1.29 is 14.5 Å². The van der Waals surface area contributed by atoms with Crippen molar-refractivity contribution in [2.75, 3.05) is 24.7 Å². The van der Waals surface area contributed by atoms with E-state index in [1.807, 2.05) is 11.8 Å². The molecular formula is C12H16N2O4S. The van der Waals surface area contributed by atoms with Gasteiger partial charge in [-0.2, -0.15) is 0 Å². The van der Waals surface area contributed by atoms with E-state index in [4.69, 9.17) is 4.74 Å². The second kappa shape index (κ2) is 5.66. The Bertz CT molecular complexity index is 500. The highest BCUT2D eigenvalue weighted by molar-refractivity contribution is 7.18. The molecule has 0 radical (unpaired) electrons. The lowest BCUT2D eigenvalue weighted by Gasteiger charge is -2.35. The fourth-order valence-corrected chi connectivity index (χ4v) is 3.26. The van der Waals surface area contributed by atoms with E-state index in [2.05, 4.69) is 0 Å². The van der Waals surface area contributed by atoms with Crippen LogP contribution in [0, 0.1) is 10.1 Å². The summed E-state index contributed by atoms with van der Waals surface area (Å²) in [5.74, 6) is -0.138. The Morgan fingerprint density at radius 2 is 2.42 bits per heavy atom. The van der Waals surface area contributed by atoms with Gasteiger partial charge in [-0.05, 0) is 13.3 Å². The highest BCUT2D eigenvalue weighted by Crippen LogP contribution is 2.39. The second-order valence-electron chi connectivity index (χ2n) is 4.44. The van der Waals surface area contributed by atoms with Gasteiger partial charge in [-0.25, -0.2) is 0 Å². The van der Waals surface area contributed by atoms with Crippen LogP contribution in [0.3, 0.4) is 0 Å². The van der Waals surface area contributed by atoms with Crippen LogP contribution >= 0.6 is 11.3 Å². The average Bonchev–Trinajstić information content (AvgIpc) is 2.83. The Labute approximate surface area is 115 Å². The minimum atomic E-state index is -0.416. The monoisotopic (exact) mass is 284 g/mol. The molecule has 1 aromatic heterocycles. The van der Waals surface area contributed by atoms with Crippen molar-refractivity contribution in [1.82, 2.24) is 0 Å². The number of thiophene rings is 1. The van der Waals surface area contributed by atoms with Crippen LogP contribution in [0.2, 0.25) is 0 Å². The van der Waals surface area contributed by atoms with Crippen LogP contribution in [0.1, 0.15) is 29.9 Å². The molecule has 0 aromatic carbocycles. The zero-order chi connectivity index (χ0) is 14.0. The third kappa shape index (κ3) is 2.76. The number of carbonyl (C=O) groups excluding carboxylic acids is 1. The van der Waals surface area contributed by atoms with Gasteiger partial charge in [0.15, 0.2) is 10.8 Å². The number of rotatable bonds is 4. The zero-order valence-corrected chi connectivity index (χ0v) is 11.7. The zero-order valence-electron chi connectivity index (χ0n) is 10.9. The molecule has 0 spiro atoms. The van der Waals surface area contributed by atoms with Gasteiger partial charge in [-0.3, -0.25) is 14.9 Å². The largest absolute Gasteiger partial charge is 0.377 e. The summed E-state index contributed by atoms with van der Waals surface area (Å²) in [4.78, 5) is 24.6. The number of anilines is 1. The summed E-state index contributed by atoms with van der Waals surface area (Å²) in [6.07, 6.45) is 0.852. The van der Waals surface area contributed by atoms with Crippen LogP contribution in [0.15, 0.2) is 6.07 Å². The topological polar surface area (TPSA) is 72.7 Å². The first-order valence-corrected chi connectivity index (χ1v) is 6.99. The summed E-state index contributed by atoms with van der Waals surface area (Å²) in [5, 5.41) is 11.7. The molecule has 19 heavy (non-hydrogen) atoms. The van der Waals surface area contributed by atoms with Crippen LogP contribution in [-0.4, -0.2) is 36.5 Å². The molecule has 0 amide bonds. The number of nitro groups is 1. The van der Waals surface area contributed by atoms with Crippen molar-refractivity contribution in [3.05, 3.63) is 21.1 Å². The Kier molecular flexibility index (Phi) is 4.16. The van der Waals surface area contributed by atoms with Crippen LogP contribution in [0.5, 0.6) is 0 Å². The molecule has 1 aromatic rings. The number of hydrogen-bond acceptors (Lipinski definition) is 6. The normalized spacial score (nSPS) is 19.5. The quantitative estimate of drug-likeness (QED) is 0.482. The molecule has 7 heteroatoms. The second-order valence-corrected chi connectivity index (χ2v) is 5.48. The number of Topliss-reactive ketones (excluding diaryl/α,β-unsaturated/α-hetero) is 1. The van der Waals surface area contributed by atoms with Crippen LogP contribution in [0.25, 0.3) is 0 Å². The molecule has 1 aliphatic rings. The molecule has 1 aliphatic heterocycles. The highest BCUT2D eigenvalue weighted by Gasteiger charge is 2.30. The van der Waals surface area contributed by atoms with Gasteiger partial charge in [-0.1, -0.05) is 6.92 Å². The fourth-order valence-electron chi connectivity index (χ4n) is 2.14. The molecule has 1 atom stereocenters. The van der Waals surface area contributed by atoms with E-state index < -0.39 is 4.92 Å². The molecule has 0 bridgehead atoms. The van der Waals surface area contributed by atoms with E-state index in [0.29, 0.717) is 29.6 Å². The minimum absolute atomic E-state index is 0.0237. The molecule has 2 rings (SSSR count). The lowest BCUT2D eigenvalue weighted by molar-refractivity contribution is -0.383. The molecule has 0 saturated carbocycles. The third-order valence-electron chi connectivity index (χ3n) is 3.20. The van der Waals surface area contributed by atoms with Gasteiger partial charge in [0, 0.05) is 12.6 Å². The SMILES string of the molecule is CCC1COCCN1c1sc(C(C)=O)cc1[N+](=O)[O-]. The van der Waals surface area contributed by atoms with Crippen molar-refractivity contribution in [2.45, 2.75) is 26.3 Å². The van der Waals surface area contributed by atoms with Crippen LogP contribution in [0.4, 0.5) is 10.7 Å². The van der Waals surface area contributed by atoms with Crippen LogP contribution in [-0.2, 0) is 4.74 Å². The molecule has 6 nitrogen and oxygen atoms in total. The molecule has 0 N–H and O–H groups in total. The molecule has 2 heterocycles. The van der Waals surface area contributed by atoms with Crippen molar-refractivity contribution in [2.24, 2.45) is 0 Å². The lowest BCUT2D eigenvalue weighted by atomic mass is 10.2. The first-order chi connectivity index (χ1) is 9.04. The summed E-state index contributed by atoms with van der Waals surface area (Å²) in [6.45, 7) is 5.20. The van der Waals surface area contributed by atoms with Gasteiger partial charge in [0.1, 0.15) is 0 Å². The Balaban J connectivity index is 2.41. The van der Waals surface area contributed by atoms with Crippen LogP contribution < -0.4 is 4.90 Å². The first kappa shape index (κ1) is 14.0. The van der Waals surface area contributed by atoms with Crippen molar-refractivity contribution in [3.8, 4) is 0 Å². The first-order valence-electron chi connectivity index (χ1n) is 6.18. The fraction of sp³-hybridized carbons (Fsp3) is 0.583. The molecule has 1 unspecified atom stereocenters. The summed E-state index contributed by atoms with van der Waals surface area (Å²) in [5.41, 5.74) is 0.0237. The number of carbonyl (C=O) groups is 1. The van der Waals surface area contributed by atoms with E-state index in [9.17, 15) is 14.9 Å². The number of ether oxygens (including phenoxy) is 1. The Morgan fingerprint density at radius 3 is 3.00 bits per heavy atom. The number of nitrogens with zero attached hydrogens (tertiary/aromatic N) is 2. The average molecular weight is 284 g/mol. The van der Waals surface area contributed by atoms with Gasteiger partial charge in [0.2, 0.25) is 0 Å². The van der Waals surface area contributed by atoms with E-state index in [0.717, 1.165) is 6.42 Å². The highest BCUT2D eigenvalue weighted by atomic mass is 32.1. The van der Waals surface area contributed by atoms with E-state index in [1.165, 1.54) is 24.3 Å². The maximum atomic E-state index is 11.4. The van der Waals surface area contributed by atoms with E-state index >= 15 is 0 Å². The van der Waals surface area contributed by atoms with Gasteiger partial charge < -0.3 is 9.64 Å². The van der Waals surface area contributed by atoms with Gasteiger partial charge >= 0.3 is 5.69 Å². The Hall–Kier alpha value is -1.47. The number of hydrogen-bond donors (Lipinski definition) is 0.